The van der Waals surface area contributed by atoms with E-state index in [1.165, 1.54) is 19.4 Å². The first kappa shape index (κ1) is 18.3. The van der Waals surface area contributed by atoms with Crippen molar-refractivity contribution in [2.45, 2.75) is 44.1 Å². The molecule has 0 spiro atoms. The zero-order chi connectivity index (χ0) is 27.1. The predicted molar refractivity (Wildman–Crippen MR) is 121 cm³/mol. The lowest BCUT2D eigenvalue weighted by Crippen LogP contribution is -2.44. The Morgan fingerprint density at radius 1 is 1.24 bits per heavy atom. The molecule has 2 aliphatic rings. The Morgan fingerprint density at radius 2 is 2.09 bits per heavy atom. The number of hydrogen-bond acceptors (Lipinski definition) is 9. The second-order valence-electron chi connectivity index (χ2n) is 8.14. The van der Waals surface area contributed by atoms with Gasteiger partial charge in [0.15, 0.2) is 11.5 Å². The Hall–Kier alpha value is -3.08. The molecular weight excluding hydrogens is 443 g/mol. The average molecular weight is 475 g/mol. The molecule has 3 aromatic heterocycles. The molecule has 34 heavy (non-hydrogen) atoms. The van der Waals surface area contributed by atoms with Crippen LogP contribution in [0, 0.1) is 5.82 Å². The van der Waals surface area contributed by atoms with Crippen molar-refractivity contribution in [3.8, 4) is 17.4 Å². The van der Waals surface area contributed by atoms with Crippen molar-refractivity contribution in [1.82, 2.24) is 20.3 Å². The predicted octanol–water partition coefficient (Wildman–Crippen LogP) is 2.18. The number of aromatic nitrogens is 3. The molecule has 10 heteroatoms. The standard InChI is InChI=1S/C24H27FN4O5/c1-31-23-5-3-18-24(29-23)16(17(25)11-28-18)9-19(30)20-4-2-14(13-34-20)26-10-15-8-21-22(12-27-15)33-7-6-32-21/h3,5,8,11-12,14,19-20,26,30H,2,4,6-7,9-10,13H2,1H3/t14-,19+,20+/m1/s1/i6D2,7D2. The van der Waals surface area contributed by atoms with E-state index in [9.17, 15) is 9.50 Å². The van der Waals surface area contributed by atoms with E-state index in [0.717, 1.165) is 6.20 Å². The highest BCUT2D eigenvalue weighted by atomic mass is 19.1. The Morgan fingerprint density at radius 3 is 2.88 bits per heavy atom. The fraction of sp³-hybridized carbons (Fsp3) is 0.458. The highest BCUT2D eigenvalue weighted by Crippen LogP contribution is 2.29. The van der Waals surface area contributed by atoms with Crippen molar-refractivity contribution in [2.24, 2.45) is 0 Å². The number of methoxy groups -OCH3 is 1. The molecule has 0 aromatic carbocycles. The molecule has 3 atom stereocenters. The van der Waals surface area contributed by atoms with Gasteiger partial charge in [0.2, 0.25) is 5.88 Å². The Kier molecular flexibility index (Phi) is 5.40. The van der Waals surface area contributed by atoms with Crippen LogP contribution in [-0.2, 0) is 17.7 Å². The average Bonchev–Trinajstić information content (AvgIpc) is 2.89. The third kappa shape index (κ3) is 4.89. The van der Waals surface area contributed by atoms with Crippen LogP contribution in [0.15, 0.2) is 30.6 Å². The molecular formula is C24H27FN4O5. The number of rotatable bonds is 7. The maximum atomic E-state index is 14.6. The summed E-state index contributed by atoms with van der Waals surface area (Å²) in [5, 5.41) is 14.2. The van der Waals surface area contributed by atoms with E-state index in [1.807, 2.05) is 0 Å². The monoisotopic (exact) mass is 474 g/mol. The molecule has 0 amide bonds. The maximum absolute atomic E-state index is 14.6. The summed E-state index contributed by atoms with van der Waals surface area (Å²) in [5.74, 6) is -0.124. The minimum atomic E-state index is -2.65. The van der Waals surface area contributed by atoms with Gasteiger partial charge in [0.1, 0.15) is 18.9 Å². The molecule has 1 fully saturated rings. The van der Waals surface area contributed by atoms with Gasteiger partial charge in [-0.05, 0) is 18.9 Å². The van der Waals surface area contributed by atoms with E-state index in [-0.39, 0.29) is 29.5 Å². The first-order valence-electron chi connectivity index (χ1n) is 12.9. The zero-order valence-electron chi connectivity index (χ0n) is 22.5. The minimum absolute atomic E-state index is 0.0142. The van der Waals surface area contributed by atoms with Crippen molar-refractivity contribution < 1.29 is 33.9 Å². The molecule has 0 bridgehead atoms. The number of aliphatic hydroxyl groups is 1. The molecule has 5 rings (SSSR count). The molecule has 0 aliphatic carbocycles. The summed E-state index contributed by atoms with van der Waals surface area (Å²) >= 11 is 0. The number of fused-ring (bicyclic) bond motifs is 2. The third-order valence-corrected chi connectivity index (χ3v) is 5.93. The summed E-state index contributed by atoms with van der Waals surface area (Å²) in [5.41, 5.74) is 1.66. The van der Waals surface area contributed by atoms with Gasteiger partial charge < -0.3 is 29.4 Å². The number of nitrogens with one attached hydrogen (secondary N) is 1. The van der Waals surface area contributed by atoms with Crippen LogP contribution in [0.25, 0.3) is 11.0 Å². The number of aliphatic hydroxyl groups excluding tert-OH is 1. The van der Waals surface area contributed by atoms with Crippen LogP contribution < -0.4 is 19.5 Å². The van der Waals surface area contributed by atoms with Crippen LogP contribution >= 0.6 is 0 Å². The van der Waals surface area contributed by atoms with Gasteiger partial charge in [-0.3, -0.25) is 9.97 Å². The van der Waals surface area contributed by atoms with Crippen molar-refractivity contribution >= 4 is 11.0 Å². The van der Waals surface area contributed by atoms with Gasteiger partial charge >= 0.3 is 0 Å². The summed E-state index contributed by atoms with van der Waals surface area (Å²) in [6, 6.07) is 4.80. The van der Waals surface area contributed by atoms with Crippen molar-refractivity contribution in [2.75, 3.05) is 26.8 Å². The molecule has 0 radical (unpaired) electrons. The summed E-state index contributed by atoms with van der Waals surface area (Å²) in [6.07, 6.45) is 2.25. The SMILES string of the molecule is [2H]C1([2H])Oc2cnc(CN[C@@H]3CC[C@@H]([C@@H](O)Cc4c(F)cnc5ccc(OC)nc45)OC3)cc2OC1([2H])[2H]. The lowest BCUT2D eigenvalue weighted by Gasteiger charge is -2.32. The summed E-state index contributed by atoms with van der Waals surface area (Å²) < 4.78 is 66.7. The van der Waals surface area contributed by atoms with Crippen LogP contribution in [-0.4, -0.2) is 65.1 Å². The van der Waals surface area contributed by atoms with Gasteiger partial charge in [-0.1, -0.05) is 0 Å². The van der Waals surface area contributed by atoms with Gasteiger partial charge in [-0.25, -0.2) is 9.37 Å². The Balaban J connectivity index is 1.16. The van der Waals surface area contributed by atoms with E-state index in [0.29, 0.717) is 48.6 Å². The van der Waals surface area contributed by atoms with E-state index in [1.54, 1.807) is 12.1 Å². The van der Waals surface area contributed by atoms with E-state index in [4.69, 9.17) is 24.4 Å². The highest BCUT2D eigenvalue weighted by Gasteiger charge is 2.29. The highest BCUT2D eigenvalue weighted by molar-refractivity contribution is 5.78. The second kappa shape index (κ2) is 10.0. The van der Waals surface area contributed by atoms with Gasteiger partial charge in [-0.2, -0.15) is 0 Å². The molecule has 0 saturated carbocycles. The largest absolute Gasteiger partial charge is 0.486 e. The number of ether oxygens (including phenoxy) is 4. The normalized spacial score (nSPS) is 25.5. The van der Waals surface area contributed by atoms with Crippen LogP contribution in [0.1, 0.15) is 29.6 Å². The van der Waals surface area contributed by atoms with Crippen molar-refractivity contribution in [1.29, 1.82) is 0 Å². The van der Waals surface area contributed by atoms with E-state index in [2.05, 4.69) is 20.3 Å². The van der Waals surface area contributed by atoms with E-state index >= 15 is 0 Å². The smallest absolute Gasteiger partial charge is 0.213 e. The van der Waals surface area contributed by atoms with Gasteiger partial charge in [0.25, 0.3) is 0 Å². The summed E-state index contributed by atoms with van der Waals surface area (Å²) in [6.45, 7) is -4.63. The van der Waals surface area contributed by atoms with E-state index < -0.39 is 31.1 Å². The van der Waals surface area contributed by atoms with Crippen LogP contribution in [0.2, 0.25) is 0 Å². The fourth-order valence-electron chi connectivity index (χ4n) is 4.08. The molecule has 1 saturated heterocycles. The Labute approximate surface area is 201 Å². The minimum Gasteiger partial charge on any atom is -0.486 e. The van der Waals surface area contributed by atoms with Crippen molar-refractivity contribution in [3.05, 3.63) is 47.7 Å². The van der Waals surface area contributed by atoms with Gasteiger partial charge in [0, 0.05) is 36.7 Å². The lowest BCUT2D eigenvalue weighted by molar-refractivity contribution is -0.0719. The number of halogens is 1. The molecule has 5 heterocycles. The van der Waals surface area contributed by atoms with Crippen LogP contribution in [0.5, 0.6) is 17.4 Å². The van der Waals surface area contributed by atoms with Gasteiger partial charge in [-0.15, -0.1) is 0 Å². The number of nitrogens with zero attached hydrogens (tertiary/aromatic N) is 3. The summed E-state index contributed by atoms with van der Waals surface area (Å²) in [4.78, 5) is 12.6. The number of pyridine rings is 3. The molecule has 3 aromatic rings. The maximum Gasteiger partial charge on any atom is 0.213 e. The third-order valence-electron chi connectivity index (χ3n) is 5.93. The lowest BCUT2D eigenvalue weighted by atomic mass is 9.96. The van der Waals surface area contributed by atoms with Gasteiger partial charge in [0.05, 0.1) is 60.5 Å². The second-order valence-corrected chi connectivity index (χ2v) is 8.14. The topological polar surface area (TPSA) is 108 Å². The molecule has 180 valence electrons. The number of hydrogen-bond donors (Lipinski definition) is 2. The summed E-state index contributed by atoms with van der Waals surface area (Å²) in [7, 11) is 1.47. The van der Waals surface area contributed by atoms with Crippen LogP contribution in [0.4, 0.5) is 4.39 Å². The molecule has 2 N–H and O–H groups in total. The molecule has 0 unspecified atom stereocenters. The quantitative estimate of drug-likeness (QED) is 0.533. The first-order valence-corrected chi connectivity index (χ1v) is 10.9. The fourth-order valence-corrected chi connectivity index (χ4v) is 4.08. The van der Waals surface area contributed by atoms with Crippen LogP contribution in [0.3, 0.4) is 0 Å². The zero-order valence-corrected chi connectivity index (χ0v) is 18.5. The molecule has 9 nitrogen and oxygen atoms in total. The first-order chi connectivity index (χ1) is 18.1. The van der Waals surface area contributed by atoms with Crippen molar-refractivity contribution in [3.63, 3.8) is 0 Å². The molecule has 2 aliphatic heterocycles. The Bertz CT molecular complexity index is 1330.